The van der Waals surface area contributed by atoms with E-state index in [4.69, 9.17) is 7.85 Å². The molecule has 0 aliphatic heterocycles. The molecule has 72 valence electrons. The maximum Gasteiger partial charge on any atom is 0.204 e. The van der Waals surface area contributed by atoms with E-state index in [2.05, 4.69) is 20.6 Å². The van der Waals surface area contributed by atoms with Gasteiger partial charge in [-0.15, -0.1) is 10.2 Å². The first-order valence-corrected chi connectivity index (χ1v) is 3.45. The third-order valence-corrected chi connectivity index (χ3v) is 1.49. The van der Waals surface area contributed by atoms with E-state index < -0.39 is 0 Å². The van der Waals surface area contributed by atoms with Gasteiger partial charge in [0.15, 0.2) is 0 Å². The van der Waals surface area contributed by atoms with Crippen molar-refractivity contribution in [3.8, 4) is 11.4 Å². The maximum absolute atomic E-state index is 5.58. The maximum atomic E-state index is 5.58. The average molecular weight is 192 g/mol. The standard InChI is InChI=1S/C7H5BN4.2H2O/c8-6-3-1-2-5(4-6)7-9-11-12-10-7;;/h1-4H,(H,9,10,11,12);2*1H2. The molecule has 0 amide bonds. The summed E-state index contributed by atoms with van der Waals surface area (Å²) in [6.45, 7) is 0. The number of hydrogen-bond donors (Lipinski definition) is 1. The van der Waals surface area contributed by atoms with Gasteiger partial charge in [0.1, 0.15) is 7.85 Å². The lowest BCUT2D eigenvalue weighted by atomic mass is 9.94. The fourth-order valence-corrected chi connectivity index (χ4v) is 0.962. The van der Waals surface area contributed by atoms with E-state index in [1.54, 1.807) is 6.07 Å². The molecule has 1 aromatic heterocycles. The molecule has 2 radical (unpaired) electrons. The zero-order valence-corrected chi connectivity index (χ0v) is 7.23. The summed E-state index contributed by atoms with van der Waals surface area (Å²) in [5, 5.41) is 13.5. The molecule has 1 aromatic carbocycles. The van der Waals surface area contributed by atoms with E-state index in [0.717, 1.165) is 5.56 Å². The number of H-pyrrole nitrogens is 1. The second-order valence-electron chi connectivity index (χ2n) is 2.36. The van der Waals surface area contributed by atoms with Crippen LogP contribution >= 0.6 is 0 Å². The van der Waals surface area contributed by atoms with Crippen LogP contribution in [0.15, 0.2) is 24.3 Å². The van der Waals surface area contributed by atoms with Crippen molar-refractivity contribution in [1.82, 2.24) is 20.6 Å². The van der Waals surface area contributed by atoms with E-state index in [-0.39, 0.29) is 11.0 Å². The summed E-state index contributed by atoms with van der Waals surface area (Å²) in [6, 6.07) is 7.33. The predicted molar refractivity (Wildman–Crippen MR) is 52.2 cm³/mol. The number of nitrogens with zero attached hydrogens (tertiary/aromatic N) is 3. The first-order chi connectivity index (χ1) is 5.86. The van der Waals surface area contributed by atoms with Crippen LogP contribution in [0.4, 0.5) is 0 Å². The van der Waals surface area contributed by atoms with Crippen molar-refractivity contribution in [2.45, 2.75) is 0 Å². The van der Waals surface area contributed by atoms with Crippen LogP contribution in [0.5, 0.6) is 0 Å². The Balaban J connectivity index is 0.000000845. The molecule has 7 heteroatoms. The fraction of sp³-hybridized carbons (Fsp3) is 0. The van der Waals surface area contributed by atoms with Gasteiger partial charge in [-0.25, -0.2) is 0 Å². The minimum absolute atomic E-state index is 0. The summed E-state index contributed by atoms with van der Waals surface area (Å²) >= 11 is 0. The van der Waals surface area contributed by atoms with E-state index in [9.17, 15) is 0 Å². The van der Waals surface area contributed by atoms with Crippen LogP contribution in [0.1, 0.15) is 0 Å². The first kappa shape index (κ1) is 12.3. The molecule has 0 spiro atoms. The van der Waals surface area contributed by atoms with Crippen molar-refractivity contribution in [3.63, 3.8) is 0 Å². The molecule has 6 nitrogen and oxygen atoms in total. The van der Waals surface area contributed by atoms with Crippen LogP contribution in [-0.2, 0) is 0 Å². The van der Waals surface area contributed by atoms with Gasteiger partial charge < -0.3 is 11.0 Å². The molecule has 0 aliphatic carbocycles. The Morgan fingerprint density at radius 1 is 1.21 bits per heavy atom. The lowest BCUT2D eigenvalue weighted by Crippen LogP contribution is -2.00. The number of rotatable bonds is 1. The smallest absolute Gasteiger partial charge is 0.204 e. The molecule has 0 saturated heterocycles. The van der Waals surface area contributed by atoms with E-state index in [1.165, 1.54) is 0 Å². The Kier molecular flexibility index (Phi) is 4.47. The summed E-state index contributed by atoms with van der Waals surface area (Å²) in [5.41, 5.74) is 1.56. The van der Waals surface area contributed by atoms with Gasteiger partial charge in [-0.2, -0.15) is 5.21 Å². The van der Waals surface area contributed by atoms with Crippen LogP contribution in [0, 0.1) is 0 Å². The molecular weight excluding hydrogens is 183 g/mol. The molecule has 2 rings (SSSR count). The van der Waals surface area contributed by atoms with Gasteiger partial charge in [0.2, 0.25) is 5.82 Å². The number of tetrazole rings is 1. The molecule has 0 aliphatic rings. The largest absolute Gasteiger partial charge is 0.412 e. The minimum atomic E-state index is 0. The van der Waals surface area contributed by atoms with Crippen LogP contribution in [-0.4, -0.2) is 39.4 Å². The second-order valence-corrected chi connectivity index (χ2v) is 2.36. The molecule has 5 N–H and O–H groups in total. The van der Waals surface area contributed by atoms with Gasteiger partial charge in [-0.1, -0.05) is 29.7 Å². The van der Waals surface area contributed by atoms with Gasteiger partial charge in [0.05, 0.1) is 0 Å². The van der Waals surface area contributed by atoms with Gasteiger partial charge in [-0.3, -0.25) is 0 Å². The highest BCUT2D eigenvalue weighted by Gasteiger charge is 2.00. The van der Waals surface area contributed by atoms with Gasteiger partial charge in [-0.05, 0) is 5.21 Å². The number of benzene rings is 1. The molecule has 0 fully saturated rings. The van der Waals surface area contributed by atoms with Crippen molar-refractivity contribution >= 4 is 13.3 Å². The van der Waals surface area contributed by atoms with E-state index >= 15 is 0 Å². The molecule has 0 unspecified atom stereocenters. The topological polar surface area (TPSA) is 117 Å². The Bertz CT molecular complexity index is 379. The summed E-state index contributed by atoms with van der Waals surface area (Å²) < 4.78 is 0. The molecule has 0 bridgehead atoms. The van der Waals surface area contributed by atoms with Crippen LogP contribution in [0.25, 0.3) is 11.4 Å². The summed E-state index contributed by atoms with van der Waals surface area (Å²) in [4.78, 5) is 0. The summed E-state index contributed by atoms with van der Waals surface area (Å²) in [7, 11) is 5.58. The fourth-order valence-electron chi connectivity index (χ4n) is 0.962. The minimum Gasteiger partial charge on any atom is -0.412 e. The van der Waals surface area contributed by atoms with Gasteiger partial charge >= 0.3 is 0 Å². The Morgan fingerprint density at radius 3 is 2.57 bits per heavy atom. The Morgan fingerprint density at radius 2 is 2.00 bits per heavy atom. The number of aromatic nitrogens is 4. The third kappa shape index (κ3) is 2.38. The Hall–Kier alpha value is -1.73. The van der Waals surface area contributed by atoms with Crippen LogP contribution < -0.4 is 5.46 Å². The van der Waals surface area contributed by atoms with Crippen molar-refractivity contribution in [2.75, 3.05) is 0 Å². The normalized spacial score (nSPS) is 8.57. The number of aromatic amines is 1. The van der Waals surface area contributed by atoms with Crippen LogP contribution in [0.2, 0.25) is 0 Å². The lowest BCUT2D eigenvalue weighted by molar-refractivity contribution is 0.823. The highest BCUT2D eigenvalue weighted by atomic mass is 16.0. The third-order valence-electron chi connectivity index (χ3n) is 1.49. The molecule has 0 saturated carbocycles. The van der Waals surface area contributed by atoms with E-state index in [1.807, 2.05) is 18.2 Å². The Labute approximate surface area is 81.4 Å². The van der Waals surface area contributed by atoms with Gasteiger partial charge in [0, 0.05) is 5.56 Å². The van der Waals surface area contributed by atoms with Gasteiger partial charge in [0.25, 0.3) is 0 Å². The summed E-state index contributed by atoms with van der Waals surface area (Å²) in [6.07, 6.45) is 0. The monoisotopic (exact) mass is 192 g/mol. The quantitative estimate of drug-likeness (QED) is 0.526. The molecule has 2 aromatic rings. The zero-order chi connectivity index (χ0) is 8.39. The highest BCUT2D eigenvalue weighted by molar-refractivity contribution is 6.32. The number of nitrogens with one attached hydrogen (secondary N) is 1. The van der Waals surface area contributed by atoms with Crippen molar-refractivity contribution in [2.24, 2.45) is 0 Å². The molecular formula is C7H9BN4O2. The highest BCUT2D eigenvalue weighted by Crippen LogP contribution is 2.09. The first-order valence-electron chi connectivity index (χ1n) is 3.45. The lowest BCUT2D eigenvalue weighted by Gasteiger charge is -1.94. The SMILES string of the molecule is O.O.[B]c1cccc(-c2nn[nH]n2)c1. The van der Waals surface area contributed by atoms with Crippen molar-refractivity contribution < 1.29 is 11.0 Å². The predicted octanol–water partition coefficient (Wildman–Crippen LogP) is -1.99. The second kappa shape index (κ2) is 5.10. The molecule has 14 heavy (non-hydrogen) atoms. The number of hydrogen-bond acceptors (Lipinski definition) is 3. The van der Waals surface area contributed by atoms with Crippen molar-refractivity contribution in [1.29, 1.82) is 0 Å². The van der Waals surface area contributed by atoms with Crippen molar-refractivity contribution in [3.05, 3.63) is 24.3 Å². The summed E-state index contributed by atoms with van der Waals surface area (Å²) in [5.74, 6) is 0.558. The van der Waals surface area contributed by atoms with E-state index in [0.29, 0.717) is 11.3 Å². The van der Waals surface area contributed by atoms with Crippen LogP contribution in [0.3, 0.4) is 0 Å². The molecule has 1 heterocycles. The average Bonchev–Trinajstić information content (AvgIpc) is 2.56. The zero-order valence-electron chi connectivity index (χ0n) is 7.23. The molecule has 0 atom stereocenters.